The van der Waals surface area contributed by atoms with Crippen LogP contribution in [0.25, 0.3) is 0 Å². The molecule has 0 radical (unpaired) electrons. The minimum absolute atomic E-state index is 0.141. The smallest absolute Gasteiger partial charge is 0.227 e. The van der Waals surface area contributed by atoms with Gasteiger partial charge in [-0.3, -0.25) is 4.79 Å². The van der Waals surface area contributed by atoms with Gasteiger partial charge < -0.3 is 19.3 Å². The fourth-order valence-electron chi connectivity index (χ4n) is 2.95. The molecule has 0 N–H and O–H groups in total. The van der Waals surface area contributed by atoms with Gasteiger partial charge in [0.25, 0.3) is 0 Å². The Morgan fingerprint density at radius 2 is 2.05 bits per heavy atom. The Hall–Kier alpha value is -1.75. The number of amides is 1. The van der Waals surface area contributed by atoms with Crippen molar-refractivity contribution in [1.82, 2.24) is 4.90 Å². The molecule has 5 nitrogen and oxygen atoms in total. The average Bonchev–Trinajstić information content (AvgIpc) is 2.52. The number of rotatable bonds is 5. The van der Waals surface area contributed by atoms with Gasteiger partial charge >= 0.3 is 0 Å². The first kappa shape index (κ1) is 16.6. The first-order chi connectivity index (χ1) is 10.5. The molecule has 122 valence electrons. The summed E-state index contributed by atoms with van der Waals surface area (Å²) in [5, 5.41) is 0. The van der Waals surface area contributed by atoms with Gasteiger partial charge in [0, 0.05) is 19.0 Å². The van der Waals surface area contributed by atoms with Crippen LogP contribution in [0.2, 0.25) is 0 Å². The molecule has 1 unspecified atom stereocenters. The number of hydrogen-bond acceptors (Lipinski definition) is 4. The Morgan fingerprint density at radius 1 is 1.32 bits per heavy atom. The molecule has 0 fully saturated rings. The molecular formula is C17H26N2O3. The van der Waals surface area contributed by atoms with Crippen molar-refractivity contribution in [2.75, 3.05) is 39.8 Å². The predicted octanol–water partition coefficient (Wildman–Crippen LogP) is 2.32. The Balaban J connectivity index is 2.52. The minimum atomic E-state index is 0.141. The number of methoxy groups -OCH3 is 2. The molecule has 1 heterocycles. The van der Waals surface area contributed by atoms with Crippen LogP contribution in [0.3, 0.4) is 0 Å². The van der Waals surface area contributed by atoms with Crippen LogP contribution in [-0.2, 0) is 11.2 Å². The molecule has 0 aromatic heterocycles. The van der Waals surface area contributed by atoms with Gasteiger partial charge in [0.1, 0.15) is 0 Å². The number of nitrogens with zero attached hydrogens (tertiary/aromatic N) is 2. The highest BCUT2D eigenvalue weighted by atomic mass is 16.5. The van der Waals surface area contributed by atoms with Crippen LogP contribution in [0.15, 0.2) is 12.1 Å². The molecule has 0 aliphatic carbocycles. The molecule has 1 aliphatic rings. The van der Waals surface area contributed by atoms with E-state index in [0.717, 1.165) is 24.1 Å². The number of carbonyl (C=O) groups is 1. The van der Waals surface area contributed by atoms with Crippen LogP contribution in [-0.4, -0.2) is 51.7 Å². The second-order valence-electron chi connectivity index (χ2n) is 5.88. The topological polar surface area (TPSA) is 42.0 Å². The summed E-state index contributed by atoms with van der Waals surface area (Å²) in [5.41, 5.74) is 2.01. The van der Waals surface area contributed by atoms with Gasteiger partial charge in [-0.1, -0.05) is 13.0 Å². The maximum atomic E-state index is 12.6. The van der Waals surface area contributed by atoms with Crippen LogP contribution in [0.5, 0.6) is 11.5 Å². The lowest BCUT2D eigenvalue weighted by molar-refractivity contribution is -0.118. The SMILES string of the molecule is CCCC(=O)N1CC(N(C)C)Cc2ccc(OC)c(OC)c21. The van der Waals surface area contributed by atoms with E-state index in [1.807, 2.05) is 24.0 Å². The highest BCUT2D eigenvalue weighted by Gasteiger charge is 2.33. The largest absolute Gasteiger partial charge is 0.493 e. The number of anilines is 1. The zero-order valence-corrected chi connectivity index (χ0v) is 14.2. The molecule has 0 saturated carbocycles. The number of hydrogen-bond donors (Lipinski definition) is 0. The van der Waals surface area contributed by atoms with E-state index in [1.54, 1.807) is 14.2 Å². The number of carbonyl (C=O) groups excluding carboxylic acids is 1. The highest BCUT2D eigenvalue weighted by Crippen LogP contribution is 2.43. The van der Waals surface area contributed by atoms with Gasteiger partial charge in [0.15, 0.2) is 11.5 Å². The van der Waals surface area contributed by atoms with Gasteiger partial charge in [0.05, 0.1) is 19.9 Å². The number of ether oxygens (including phenoxy) is 2. The van der Waals surface area contributed by atoms with Gasteiger partial charge in [-0.25, -0.2) is 0 Å². The zero-order valence-electron chi connectivity index (χ0n) is 14.2. The molecule has 1 aromatic carbocycles. The molecule has 0 saturated heterocycles. The summed E-state index contributed by atoms with van der Waals surface area (Å²) in [6.07, 6.45) is 2.28. The van der Waals surface area contributed by atoms with Crippen LogP contribution >= 0.6 is 0 Å². The molecule has 0 bridgehead atoms. The van der Waals surface area contributed by atoms with Gasteiger partial charge in [-0.2, -0.15) is 0 Å². The third-order valence-electron chi connectivity index (χ3n) is 4.22. The van der Waals surface area contributed by atoms with Gasteiger partial charge in [-0.15, -0.1) is 0 Å². The van der Waals surface area contributed by atoms with Crippen molar-refractivity contribution in [3.05, 3.63) is 17.7 Å². The quantitative estimate of drug-likeness (QED) is 0.837. The number of fused-ring (bicyclic) bond motifs is 1. The fraction of sp³-hybridized carbons (Fsp3) is 0.588. The summed E-state index contributed by atoms with van der Waals surface area (Å²) in [5.74, 6) is 1.46. The minimum Gasteiger partial charge on any atom is -0.493 e. The van der Waals surface area contributed by atoms with E-state index in [9.17, 15) is 4.79 Å². The number of benzene rings is 1. The van der Waals surface area contributed by atoms with E-state index in [-0.39, 0.29) is 5.91 Å². The molecular weight excluding hydrogens is 280 g/mol. The molecule has 2 rings (SSSR count). The van der Waals surface area contributed by atoms with Crippen molar-refractivity contribution in [3.8, 4) is 11.5 Å². The van der Waals surface area contributed by atoms with Crippen LogP contribution < -0.4 is 14.4 Å². The Labute approximate surface area is 132 Å². The van der Waals surface area contributed by atoms with Gasteiger partial charge in [0.2, 0.25) is 5.91 Å². The van der Waals surface area contributed by atoms with Crippen LogP contribution in [0.4, 0.5) is 5.69 Å². The maximum absolute atomic E-state index is 12.6. The summed E-state index contributed by atoms with van der Waals surface area (Å²) < 4.78 is 10.9. The van der Waals surface area contributed by atoms with E-state index in [4.69, 9.17) is 9.47 Å². The summed E-state index contributed by atoms with van der Waals surface area (Å²) in [6.45, 7) is 2.71. The lowest BCUT2D eigenvalue weighted by Crippen LogP contribution is -2.48. The van der Waals surface area contributed by atoms with Gasteiger partial charge in [-0.05, 0) is 38.6 Å². The third-order valence-corrected chi connectivity index (χ3v) is 4.22. The molecule has 1 aliphatic heterocycles. The third kappa shape index (κ3) is 3.04. The Bertz CT molecular complexity index is 543. The summed E-state index contributed by atoms with van der Waals surface area (Å²) >= 11 is 0. The summed E-state index contributed by atoms with van der Waals surface area (Å²) in [6, 6.07) is 4.27. The second kappa shape index (κ2) is 7.01. The van der Waals surface area contributed by atoms with Crippen molar-refractivity contribution < 1.29 is 14.3 Å². The molecule has 0 spiro atoms. The molecule has 1 amide bonds. The van der Waals surface area contributed by atoms with E-state index in [0.29, 0.717) is 30.5 Å². The van der Waals surface area contributed by atoms with Crippen molar-refractivity contribution in [1.29, 1.82) is 0 Å². The monoisotopic (exact) mass is 306 g/mol. The van der Waals surface area contributed by atoms with Crippen molar-refractivity contribution in [2.45, 2.75) is 32.2 Å². The average molecular weight is 306 g/mol. The second-order valence-corrected chi connectivity index (χ2v) is 5.88. The Morgan fingerprint density at radius 3 is 2.59 bits per heavy atom. The van der Waals surface area contributed by atoms with Crippen molar-refractivity contribution in [2.24, 2.45) is 0 Å². The van der Waals surface area contributed by atoms with Crippen LogP contribution in [0.1, 0.15) is 25.3 Å². The van der Waals surface area contributed by atoms with Crippen LogP contribution in [0, 0.1) is 0 Å². The van der Waals surface area contributed by atoms with E-state index < -0.39 is 0 Å². The van der Waals surface area contributed by atoms with E-state index in [1.165, 1.54) is 0 Å². The predicted molar refractivity (Wildman–Crippen MR) is 88.0 cm³/mol. The molecule has 22 heavy (non-hydrogen) atoms. The molecule has 1 aromatic rings. The first-order valence-electron chi connectivity index (χ1n) is 7.74. The zero-order chi connectivity index (χ0) is 16.3. The van der Waals surface area contributed by atoms with E-state index in [2.05, 4.69) is 19.0 Å². The summed E-state index contributed by atoms with van der Waals surface area (Å²) in [7, 11) is 7.35. The normalized spacial score (nSPS) is 17.4. The molecule has 1 atom stereocenters. The number of likely N-dealkylation sites (N-methyl/N-ethyl adjacent to an activating group) is 1. The molecule has 5 heteroatoms. The van der Waals surface area contributed by atoms with Crippen molar-refractivity contribution in [3.63, 3.8) is 0 Å². The first-order valence-corrected chi connectivity index (χ1v) is 7.74. The fourth-order valence-corrected chi connectivity index (χ4v) is 2.95. The van der Waals surface area contributed by atoms with E-state index >= 15 is 0 Å². The highest BCUT2D eigenvalue weighted by molar-refractivity contribution is 5.97. The standard InChI is InChI=1S/C17H26N2O3/c1-6-7-15(20)19-11-13(18(2)3)10-12-8-9-14(21-4)17(22-5)16(12)19/h8-9,13H,6-7,10-11H2,1-5H3. The lowest BCUT2D eigenvalue weighted by Gasteiger charge is -2.38. The Kier molecular flexibility index (Phi) is 5.29. The lowest BCUT2D eigenvalue weighted by atomic mass is 9.95. The van der Waals surface area contributed by atoms with Crippen molar-refractivity contribution >= 4 is 11.6 Å². The summed E-state index contributed by atoms with van der Waals surface area (Å²) in [4.78, 5) is 16.6. The maximum Gasteiger partial charge on any atom is 0.227 e.